The first kappa shape index (κ1) is 7.23. The van der Waals surface area contributed by atoms with Gasteiger partial charge >= 0.3 is 6.16 Å². The molecular weight excluding hydrogens is 110 g/mol. The predicted octanol–water partition coefficient (Wildman–Crippen LogP) is 0.400. The third-order valence-corrected chi connectivity index (χ3v) is 0.452. The van der Waals surface area contributed by atoms with Crippen LogP contribution < -0.4 is 5.73 Å². The molecule has 8 heavy (non-hydrogen) atoms. The fourth-order valence-electron chi connectivity index (χ4n) is 0.218. The zero-order chi connectivity index (χ0) is 6.41. The average molecular weight is 118 g/mol. The molecule has 0 heterocycles. The molecule has 47 valence electrons. The molecule has 1 N–H and O–H groups in total. The molecule has 4 heteroatoms. The van der Waals surface area contributed by atoms with Crippen LogP contribution in [0.2, 0.25) is 0 Å². The van der Waals surface area contributed by atoms with Gasteiger partial charge in [0.05, 0.1) is 6.61 Å². The molecule has 0 unspecified atom stereocenters. The van der Waals surface area contributed by atoms with E-state index in [1.807, 2.05) is 0 Å². The lowest BCUT2D eigenvalue weighted by Gasteiger charge is -1.97. The molecule has 0 atom stereocenters. The maximum atomic E-state index is 10.1. The quantitative estimate of drug-likeness (QED) is 0.493. The van der Waals surface area contributed by atoms with Gasteiger partial charge in [0.25, 0.3) is 0 Å². The zero-order valence-corrected chi connectivity index (χ0v) is 4.64. The molecule has 0 aromatic heterocycles. The van der Waals surface area contributed by atoms with Gasteiger partial charge in [-0.25, -0.2) is 10.5 Å². The van der Waals surface area contributed by atoms with Crippen molar-refractivity contribution in [3.8, 4) is 0 Å². The Morgan fingerprint density at radius 1 is 1.62 bits per heavy atom. The van der Waals surface area contributed by atoms with Crippen molar-refractivity contribution < 1.29 is 14.3 Å². The van der Waals surface area contributed by atoms with Crippen LogP contribution in [0.4, 0.5) is 4.79 Å². The number of carbonyl (C=O) groups excluding carboxylic acids is 1. The summed E-state index contributed by atoms with van der Waals surface area (Å²) in [5, 5.41) is 0. The first-order valence-electron chi connectivity index (χ1n) is 2.25. The van der Waals surface area contributed by atoms with Gasteiger partial charge in [0.1, 0.15) is 0 Å². The zero-order valence-electron chi connectivity index (χ0n) is 4.64. The molecule has 0 aromatic rings. The van der Waals surface area contributed by atoms with E-state index in [0.29, 0.717) is 6.61 Å². The minimum Gasteiger partial charge on any atom is -0.435 e. The van der Waals surface area contributed by atoms with Crippen LogP contribution in [0.1, 0.15) is 6.92 Å². The Hall–Kier alpha value is -0.770. The highest BCUT2D eigenvalue weighted by Gasteiger charge is 1.96. The predicted molar refractivity (Wildman–Crippen MR) is 26.1 cm³/mol. The molecule has 0 bridgehead atoms. The highest BCUT2D eigenvalue weighted by atomic mass is 16.7. The number of carbonyl (C=O) groups is 1. The molecule has 0 aliphatic carbocycles. The smallest absolute Gasteiger partial charge is 0.435 e. The van der Waals surface area contributed by atoms with Crippen LogP contribution in [0.5, 0.6) is 0 Å². The van der Waals surface area contributed by atoms with Crippen molar-refractivity contribution >= 4 is 6.16 Å². The van der Waals surface area contributed by atoms with Crippen molar-refractivity contribution in [2.24, 2.45) is 0 Å². The maximum Gasteiger partial charge on any atom is 0.509 e. The molecule has 0 aliphatic rings. The van der Waals surface area contributed by atoms with Crippen LogP contribution in [-0.2, 0) is 9.47 Å². The van der Waals surface area contributed by atoms with E-state index in [1.54, 1.807) is 6.92 Å². The first-order chi connectivity index (χ1) is 3.81. The molecule has 0 fully saturated rings. The van der Waals surface area contributed by atoms with Crippen LogP contribution in [-0.4, -0.2) is 19.5 Å². The molecule has 4 nitrogen and oxygen atoms in total. The van der Waals surface area contributed by atoms with Gasteiger partial charge < -0.3 is 9.47 Å². The second-order valence-corrected chi connectivity index (χ2v) is 0.972. The third-order valence-electron chi connectivity index (χ3n) is 0.452. The van der Waals surface area contributed by atoms with Crippen LogP contribution in [0.15, 0.2) is 0 Å². The first-order valence-corrected chi connectivity index (χ1v) is 2.25. The number of rotatable bonds is 2. The van der Waals surface area contributed by atoms with Gasteiger partial charge in [-0.1, -0.05) is 0 Å². The van der Waals surface area contributed by atoms with Gasteiger partial charge in [0.15, 0.2) is 6.73 Å². The van der Waals surface area contributed by atoms with Crippen molar-refractivity contribution in [1.82, 2.24) is 5.73 Å². The Morgan fingerprint density at radius 3 is 2.62 bits per heavy atom. The highest BCUT2D eigenvalue weighted by Crippen LogP contribution is 1.80. The normalized spacial score (nSPS) is 8.25. The molecule has 0 saturated carbocycles. The van der Waals surface area contributed by atoms with E-state index in [9.17, 15) is 4.79 Å². The van der Waals surface area contributed by atoms with Crippen molar-refractivity contribution in [2.75, 3.05) is 13.3 Å². The van der Waals surface area contributed by atoms with E-state index in [0.717, 1.165) is 0 Å². The highest BCUT2D eigenvalue weighted by molar-refractivity contribution is 5.59. The van der Waals surface area contributed by atoms with Crippen molar-refractivity contribution in [2.45, 2.75) is 6.92 Å². The van der Waals surface area contributed by atoms with E-state index >= 15 is 0 Å². The van der Waals surface area contributed by atoms with E-state index in [1.165, 1.54) is 0 Å². The number of hydrogen-bond donors (Lipinski definition) is 0. The lowest BCUT2D eigenvalue weighted by Crippen LogP contribution is -2.07. The van der Waals surface area contributed by atoms with Gasteiger partial charge in [0.2, 0.25) is 0 Å². The lowest BCUT2D eigenvalue weighted by molar-refractivity contribution is 0.0597. The third kappa shape index (κ3) is 3.42. The van der Waals surface area contributed by atoms with E-state index in [4.69, 9.17) is 5.73 Å². The summed E-state index contributed by atoms with van der Waals surface area (Å²) < 4.78 is 8.39. The van der Waals surface area contributed by atoms with Gasteiger partial charge in [-0.15, -0.1) is 0 Å². The molecule has 0 amide bonds. The topological polar surface area (TPSA) is 59.3 Å². The van der Waals surface area contributed by atoms with Crippen molar-refractivity contribution in [3.63, 3.8) is 0 Å². The summed E-state index contributed by atoms with van der Waals surface area (Å²) in [7, 11) is 0. The van der Waals surface area contributed by atoms with Crippen LogP contribution in [0.3, 0.4) is 0 Å². The summed E-state index contributed by atoms with van der Waals surface area (Å²) in [5.41, 5.74) is 6.39. The molecule has 0 spiro atoms. The summed E-state index contributed by atoms with van der Waals surface area (Å²) in [4.78, 5) is 10.1. The van der Waals surface area contributed by atoms with E-state index in [2.05, 4.69) is 9.47 Å². The van der Waals surface area contributed by atoms with Gasteiger partial charge in [-0.05, 0) is 6.92 Å². The van der Waals surface area contributed by atoms with Gasteiger partial charge in [0, 0.05) is 0 Å². The second-order valence-electron chi connectivity index (χ2n) is 0.972. The Morgan fingerprint density at radius 2 is 2.25 bits per heavy atom. The fraction of sp³-hybridized carbons (Fsp3) is 0.750. The Kier molecular flexibility index (Phi) is 3.97. The largest absolute Gasteiger partial charge is 0.509 e. The van der Waals surface area contributed by atoms with E-state index < -0.39 is 6.16 Å². The van der Waals surface area contributed by atoms with Gasteiger partial charge in [-0.3, -0.25) is 0 Å². The van der Waals surface area contributed by atoms with Crippen LogP contribution >= 0.6 is 0 Å². The van der Waals surface area contributed by atoms with Crippen molar-refractivity contribution in [1.29, 1.82) is 0 Å². The fourth-order valence-corrected chi connectivity index (χ4v) is 0.218. The van der Waals surface area contributed by atoms with E-state index in [-0.39, 0.29) is 6.73 Å². The van der Waals surface area contributed by atoms with Crippen LogP contribution in [0.25, 0.3) is 0 Å². The summed E-state index contributed by atoms with van der Waals surface area (Å²) in [6.07, 6.45) is -0.775. The molecule has 0 aromatic carbocycles. The molecular formula is C4H8NO3. The summed E-state index contributed by atoms with van der Waals surface area (Å²) in [6, 6.07) is 0. The van der Waals surface area contributed by atoms with Gasteiger partial charge in [-0.2, -0.15) is 0 Å². The van der Waals surface area contributed by atoms with Crippen LogP contribution in [0, 0.1) is 0 Å². The second kappa shape index (κ2) is 4.39. The summed E-state index contributed by atoms with van der Waals surface area (Å²) in [6.45, 7) is 1.59. The summed E-state index contributed by atoms with van der Waals surface area (Å²) >= 11 is 0. The molecule has 0 saturated heterocycles. The monoisotopic (exact) mass is 118 g/mol. The number of ether oxygens (including phenoxy) is 2. The summed E-state index contributed by atoms with van der Waals surface area (Å²) in [5.74, 6) is 0. The SMILES string of the molecule is CCOC(=O)OC[NH]. The number of nitrogens with one attached hydrogen (secondary N) is 1. The lowest BCUT2D eigenvalue weighted by atomic mass is 10.9. The minimum atomic E-state index is -0.775. The Labute approximate surface area is 47.6 Å². The molecule has 0 aliphatic heterocycles. The average Bonchev–Trinajstić information content (AvgIpc) is 1.68. The number of hydrogen-bond acceptors (Lipinski definition) is 3. The molecule has 1 radical (unpaired) electrons. The Balaban J connectivity index is 3.06. The minimum absolute atomic E-state index is 0.291. The Bertz CT molecular complexity index is 65.7. The van der Waals surface area contributed by atoms with Crippen molar-refractivity contribution in [3.05, 3.63) is 0 Å². The molecule has 0 rings (SSSR count). The standard InChI is InChI=1S/C4H8NO3/c1-2-7-4(6)8-3-5/h5H,2-3H2,1H3. The maximum absolute atomic E-state index is 10.1.